The summed E-state index contributed by atoms with van der Waals surface area (Å²) in [7, 11) is 0. The average molecular weight is 272 g/mol. The molecule has 0 saturated carbocycles. The Morgan fingerprint density at radius 3 is 3.10 bits per heavy atom. The summed E-state index contributed by atoms with van der Waals surface area (Å²) < 4.78 is 5.72. The lowest BCUT2D eigenvalue weighted by Gasteiger charge is -2.19. The Bertz CT molecular complexity index is 576. The second-order valence-electron chi connectivity index (χ2n) is 5.11. The van der Waals surface area contributed by atoms with Gasteiger partial charge < -0.3 is 15.2 Å². The molecule has 1 aromatic heterocycles. The van der Waals surface area contributed by atoms with E-state index in [4.69, 9.17) is 9.84 Å². The molecule has 2 aliphatic rings. The van der Waals surface area contributed by atoms with E-state index in [1.807, 2.05) is 0 Å². The van der Waals surface area contributed by atoms with Crippen LogP contribution in [0.4, 0.5) is 0 Å². The molecule has 2 N–H and O–H groups in total. The predicted molar refractivity (Wildman–Crippen MR) is 72.0 cm³/mol. The van der Waals surface area contributed by atoms with Crippen molar-refractivity contribution < 1.29 is 14.6 Å². The van der Waals surface area contributed by atoms with Gasteiger partial charge in [0.25, 0.3) is 5.91 Å². The summed E-state index contributed by atoms with van der Waals surface area (Å²) in [6, 6.07) is 1.78. The highest BCUT2D eigenvalue weighted by atomic mass is 16.5. The first-order chi connectivity index (χ1) is 9.76. The highest BCUT2D eigenvalue weighted by Crippen LogP contribution is 2.34. The Morgan fingerprint density at radius 2 is 2.40 bits per heavy atom. The number of rotatable bonds is 2. The van der Waals surface area contributed by atoms with Gasteiger partial charge in [-0.15, -0.1) is 0 Å². The van der Waals surface area contributed by atoms with E-state index in [2.05, 4.69) is 22.1 Å². The lowest BCUT2D eigenvalue weighted by molar-refractivity contribution is 0.0840. The van der Waals surface area contributed by atoms with E-state index < -0.39 is 0 Å². The van der Waals surface area contributed by atoms with Crippen LogP contribution in [0, 0.1) is 11.8 Å². The summed E-state index contributed by atoms with van der Waals surface area (Å²) in [6.07, 6.45) is 6.58. The van der Waals surface area contributed by atoms with Crippen LogP contribution in [-0.4, -0.2) is 40.9 Å². The van der Waals surface area contributed by atoms with Crippen LogP contribution in [0.2, 0.25) is 0 Å². The molecule has 2 aliphatic heterocycles. The average Bonchev–Trinajstić information content (AvgIpc) is 3.08. The zero-order valence-corrected chi connectivity index (χ0v) is 11.0. The number of pyridine rings is 1. The molecule has 0 aromatic carbocycles. The fourth-order valence-corrected chi connectivity index (χ4v) is 2.82. The number of aliphatic hydroxyl groups excluding tert-OH is 1. The van der Waals surface area contributed by atoms with Crippen LogP contribution in [0.25, 0.3) is 0 Å². The van der Waals surface area contributed by atoms with Crippen molar-refractivity contribution >= 4 is 5.91 Å². The molecule has 1 amide bonds. The molecule has 2 bridgehead atoms. The molecule has 3 atom stereocenters. The molecule has 3 heterocycles. The maximum atomic E-state index is 12.2. The van der Waals surface area contributed by atoms with E-state index in [1.54, 1.807) is 12.3 Å². The smallest absolute Gasteiger partial charge is 0.253 e. The zero-order chi connectivity index (χ0) is 13.9. The highest BCUT2D eigenvalue weighted by molar-refractivity contribution is 5.94. The quantitative estimate of drug-likeness (QED) is 0.768. The van der Waals surface area contributed by atoms with Crippen molar-refractivity contribution in [3.63, 3.8) is 0 Å². The first kappa shape index (κ1) is 13.1. The Morgan fingerprint density at radius 1 is 1.50 bits per heavy atom. The van der Waals surface area contributed by atoms with Crippen molar-refractivity contribution in [2.24, 2.45) is 0 Å². The second-order valence-corrected chi connectivity index (χ2v) is 5.11. The van der Waals surface area contributed by atoms with Gasteiger partial charge in [0.2, 0.25) is 0 Å². The van der Waals surface area contributed by atoms with E-state index in [0.717, 1.165) is 19.3 Å². The monoisotopic (exact) mass is 272 g/mol. The summed E-state index contributed by atoms with van der Waals surface area (Å²) in [4.78, 5) is 16.2. The Labute approximate surface area is 117 Å². The third-order valence-corrected chi connectivity index (χ3v) is 3.73. The Balaban J connectivity index is 1.68. The number of carbonyl (C=O) groups is 1. The number of amides is 1. The summed E-state index contributed by atoms with van der Waals surface area (Å²) in [5.41, 5.74) is 1.11. The largest absolute Gasteiger partial charge is 0.384 e. The standard InChI is InChI=1S/C15H16N2O3/c18-5-1-2-10-6-11(9-16-8-10)15(19)17-13-7-12-3-4-14(13)20-12/h6,8-9,12-14,18H,3-5,7H2,(H,17,19). The van der Waals surface area contributed by atoms with Crippen molar-refractivity contribution in [1.29, 1.82) is 0 Å². The first-order valence-electron chi connectivity index (χ1n) is 6.77. The molecular weight excluding hydrogens is 256 g/mol. The van der Waals surface area contributed by atoms with E-state index in [-0.39, 0.29) is 24.7 Å². The van der Waals surface area contributed by atoms with Gasteiger partial charge in [-0.05, 0) is 25.3 Å². The van der Waals surface area contributed by atoms with Gasteiger partial charge in [0.15, 0.2) is 0 Å². The highest BCUT2D eigenvalue weighted by Gasteiger charge is 2.41. The molecule has 2 saturated heterocycles. The van der Waals surface area contributed by atoms with Gasteiger partial charge in [-0.3, -0.25) is 9.78 Å². The van der Waals surface area contributed by atoms with Gasteiger partial charge >= 0.3 is 0 Å². The van der Waals surface area contributed by atoms with Crippen LogP contribution in [-0.2, 0) is 4.74 Å². The molecule has 104 valence electrons. The molecule has 0 radical (unpaired) electrons. The van der Waals surface area contributed by atoms with E-state index in [0.29, 0.717) is 17.2 Å². The lowest BCUT2D eigenvalue weighted by atomic mass is 9.95. The summed E-state index contributed by atoms with van der Waals surface area (Å²) in [5.74, 6) is 5.14. The van der Waals surface area contributed by atoms with Gasteiger partial charge in [0.1, 0.15) is 6.61 Å². The summed E-state index contributed by atoms with van der Waals surface area (Å²) in [6.45, 7) is -0.209. The van der Waals surface area contributed by atoms with Crippen LogP contribution in [0.15, 0.2) is 18.5 Å². The van der Waals surface area contributed by atoms with Crippen LogP contribution in [0.5, 0.6) is 0 Å². The zero-order valence-electron chi connectivity index (χ0n) is 11.0. The number of hydrogen-bond donors (Lipinski definition) is 2. The minimum atomic E-state index is -0.209. The van der Waals surface area contributed by atoms with Gasteiger partial charge in [0, 0.05) is 18.0 Å². The van der Waals surface area contributed by atoms with Crippen molar-refractivity contribution in [2.75, 3.05) is 6.61 Å². The maximum absolute atomic E-state index is 12.2. The van der Waals surface area contributed by atoms with Crippen LogP contribution < -0.4 is 5.32 Å². The molecule has 5 nitrogen and oxygen atoms in total. The third kappa shape index (κ3) is 2.67. The first-order valence-corrected chi connectivity index (χ1v) is 6.77. The topological polar surface area (TPSA) is 71.5 Å². The normalized spacial score (nSPS) is 26.9. The van der Waals surface area contributed by atoms with Crippen molar-refractivity contribution in [3.8, 4) is 11.8 Å². The predicted octanol–water partition coefficient (Wildman–Crippen LogP) is 0.475. The third-order valence-electron chi connectivity index (χ3n) is 3.73. The molecule has 5 heteroatoms. The molecule has 0 aliphatic carbocycles. The molecule has 1 aromatic rings. The lowest BCUT2D eigenvalue weighted by Crippen LogP contribution is -2.41. The van der Waals surface area contributed by atoms with Gasteiger partial charge in [-0.25, -0.2) is 0 Å². The minimum absolute atomic E-state index is 0.105. The molecule has 2 fully saturated rings. The number of nitrogens with zero attached hydrogens (tertiary/aromatic N) is 1. The van der Waals surface area contributed by atoms with Crippen molar-refractivity contribution in [3.05, 3.63) is 29.6 Å². The van der Waals surface area contributed by atoms with Crippen LogP contribution in [0.1, 0.15) is 35.2 Å². The maximum Gasteiger partial charge on any atom is 0.253 e. The fraction of sp³-hybridized carbons (Fsp3) is 0.467. The Kier molecular flexibility index (Phi) is 3.68. The van der Waals surface area contributed by atoms with E-state index in [1.165, 1.54) is 6.20 Å². The number of nitrogens with one attached hydrogen (secondary N) is 1. The van der Waals surface area contributed by atoms with Gasteiger partial charge in [-0.1, -0.05) is 11.8 Å². The van der Waals surface area contributed by atoms with Crippen molar-refractivity contribution in [1.82, 2.24) is 10.3 Å². The van der Waals surface area contributed by atoms with E-state index >= 15 is 0 Å². The van der Waals surface area contributed by atoms with Gasteiger partial charge in [0.05, 0.1) is 23.8 Å². The molecule has 0 spiro atoms. The fourth-order valence-electron chi connectivity index (χ4n) is 2.82. The minimum Gasteiger partial charge on any atom is -0.384 e. The van der Waals surface area contributed by atoms with Gasteiger partial charge in [-0.2, -0.15) is 0 Å². The molecule has 20 heavy (non-hydrogen) atoms. The number of hydrogen-bond acceptors (Lipinski definition) is 4. The van der Waals surface area contributed by atoms with Crippen LogP contribution in [0.3, 0.4) is 0 Å². The van der Waals surface area contributed by atoms with Crippen molar-refractivity contribution in [2.45, 2.75) is 37.5 Å². The number of fused-ring (bicyclic) bond motifs is 2. The second kappa shape index (κ2) is 5.61. The summed E-state index contributed by atoms with van der Waals surface area (Å²) in [5, 5.41) is 11.7. The number of carbonyl (C=O) groups excluding carboxylic acids is 1. The Hall–Kier alpha value is -1.90. The SMILES string of the molecule is O=C(NC1CC2CCC1O2)c1cncc(C#CCO)c1. The number of ether oxygens (including phenoxy) is 1. The number of aromatic nitrogens is 1. The molecule has 3 unspecified atom stereocenters. The number of aliphatic hydroxyl groups is 1. The van der Waals surface area contributed by atoms with E-state index in [9.17, 15) is 4.79 Å². The van der Waals surface area contributed by atoms with Crippen LogP contribution >= 0.6 is 0 Å². The molecule has 3 rings (SSSR count). The molecular formula is C15H16N2O3. The summed E-state index contributed by atoms with van der Waals surface area (Å²) >= 11 is 0.